The zero-order chi connectivity index (χ0) is 22.7. The summed E-state index contributed by atoms with van der Waals surface area (Å²) in [7, 11) is 0. The Balaban J connectivity index is 1.61. The van der Waals surface area contributed by atoms with E-state index in [1.807, 2.05) is 63.2 Å². The molecule has 1 aromatic carbocycles. The van der Waals surface area contributed by atoms with Gasteiger partial charge in [-0.2, -0.15) is 0 Å². The van der Waals surface area contributed by atoms with Crippen LogP contribution in [0, 0.1) is 0 Å². The number of rotatable bonds is 4. The van der Waals surface area contributed by atoms with Crippen LogP contribution < -0.4 is 5.32 Å². The molecule has 1 atom stereocenters. The topological polar surface area (TPSA) is 80.2 Å². The first-order chi connectivity index (χ1) is 15.3. The molecule has 0 radical (unpaired) electrons. The molecule has 1 aliphatic rings. The van der Waals surface area contributed by atoms with Crippen molar-refractivity contribution in [1.29, 1.82) is 0 Å². The molecule has 7 nitrogen and oxygen atoms in total. The van der Waals surface area contributed by atoms with Crippen molar-refractivity contribution in [2.45, 2.75) is 38.7 Å². The monoisotopic (exact) mass is 451 g/mol. The Labute approximate surface area is 192 Å². The molecule has 3 aromatic rings. The van der Waals surface area contributed by atoms with E-state index in [0.717, 1.165) is 23.4 Å². The van der Waals surface area contributed by atoms with E-state index in [-0.39, 0.29) is 12.0 Å². The van der Waals surface area contributed by atoms with Gasteiger partial charge < -0.3 is 15.0 Å². The third kappa shape index (κ3) is 5.53. The van der Waals surface area contributed by atoms with Crippen LogP contribution in [0.1, 0.15) is 38.9 Å². The predicted octanol–water partition coefficient (Wildman–Crippen LogP) is 5.66. The summed E-state index contributed by atoms with van der Waals surface area (Å²) < 4.78 is 5.53. The molecule has 1 N–H and O–H groups in total. The van der Waals surface area contributed by atoms with Crippen molar-refractivity contribution in [2.75, 3.05) is 18.4 Å². The van der Waals surface area contributed by atoms with Crippen LogP contribution in [0.4, 0.5) is 16.3 Å². The van der Waals surface area contributed by atoms with E-state index in [1.54, 1.807) is 17.3 Å². The Morgan fingerprint density at radius 2 is 1.84 bits per heavy atom. The highest BCUT2D eigenvalue weighted by atomic mass is 35.5. The van der Waals surface area contributed by atoms with Gasteiger partial charge in [-0.1, -0.05) is 11.6 Å². The average molecular weight is 452 g/mol. The summed E-state index contributed by atoms with van der Waals surface area (Å²) >= 11 is 6.01. The van der Waals surface area contributed by atoms with Gasteiger partial charge >= 0.3 is 6.09 Å². The minimum Gasteiger partial charge on any atom is -0.444 e. The number of amides is 1. The molecule has 1 aliphatic heterocycles. The lowest BCUT2D eigenvalue weighted by molar-refractivity contribution is 0.0292. The first kappa shape index (κ1) is 22.0. The fourth-order valence-corrected chi connectivity index (χ4v) is 3.65. The van der Waals surface area contributed by atoms with Crippen molar-refractivity contribution in [2.24, 2.45) is 0 Å². The molecule has 1 unspecified atom stereocenters. The van der Waals surface area contributed by atoms with Gasteiger partial charge in [0.1, 0.15) is 17.2 Å². The number of nitrogens with zero attached hydrogens (tertiary/aromatic N) is 4. The lowest BCUT2D eigenvalue weighted by Gasteiger charge is -2.24. The molecular weight excluding hydrogens is 426 g/mol. The Hall–Kier alpha value is -3.19. The van der Waals surface area contributed by atoms with Crippen molar-refractivity contribution in [1.82, 2.24) is 19.9 Å². The normalized spacial score (nSPS) is 16.1. The standard InChI is InChI=1S/C24H26ClN5O2/c1-24(2,3)32-23(31)30-13-10-17(15-30)22-28-20(16-8-11-26-12-9-16)14-21(29-22)27-19-6-4-18(25)5-7-19/h4-9,11-12,14,17H,10,13,15H2,1-3H3,(H,27,28,29). The SMILES string of the molecule is CC(C)(C)OC(=O)N1CCC(c2nc(Nc3ccc(Cl)cc3)cc(-c3ccncc3)n2)C1. The molecular formula is C24H26ClN5O2. The molecule has 1 saturated heterocycles. The number of carbonyl (C=O) groups is 1. The maximum atomic E-state index is 12.5. The number of pyridine rings is 1. The molecule has 2 aromatic heterocycles. The third-order valence-corrected chi connectivity index (χ3v) is 5.29. The van der Waals surface area contributed by atoms with Crippen LogP contribution in [-0.2, 0) is 4.74 Å². The number of aromatic nitrogens is 3. The molecule has 1 fully saturated rings. The van der Waals surface area contributed by atoms with Gasteiger partial charge in [0.25, 0.3) is 0 Å². The summed E-state index contributed by atoms with van der Waals surface area (Å²) in [4.78, 5) is 27.9. The minimum absolute atomic E-state index is 0.0232. The van der Waals surface area contributed by atoms with Crippen molar-refractivity contribution >= 4 is 29.2 Å². The molecule has 0 saturated carbocycles. The predicted molar refractivity (Wildman–Crippen MR) is 125 cm³/mol. The largest absolute Gasteiger partial charge is 0.444 e. The van der Waals surface area contributed by atoms with Crippen LogP contribution in [0.25, 0.3) is 11.3 Å². The number of likely N-dealkylation sites (tertiary alicyclic amines) is 1. The van der Waals surface area contributed by atoms with E-state index in [2.05, 4.69) is 10.3 Å². The van der Waals surface area contributed by atoms with Crippen LogP contribution in [0.2, 0.25) is 5.02 Å². The number of carbonyl (C=O) groups excluding carboxylic acids is 1. The Kier molecular flexibility index (Phi) is 6.28. The van der Waals surface area contributed by atoms with Crippen molar-refractivity contribution in [3.63, 3.8) is 0 Å². The summed E-state index contributed by atoms with van der Waals surface area (Å²) in [5.74, 6) is 1.40. The fraction of sp³-hybridized carbons (Fsp3) is 0.333. The zero-order valence-electron chi connectivity index (χ0n) is 18.4. The highest BCUT2D eigenvalue weighted by molar-refractivity contribution is 6.30. The Morgan fingerprint density at radius 1 is 1.12 bits per heavy atom. The Bertz CT molecular complexity index is 1080. The van der Waals surface area contributed by atoms with Gasteiger partial charge in [0.15, 0.2) is 0 Å². The van der Waals surface area contributed by atoms with E-state index >= 15 is 0 Å². The summed E-state index contributed by atoms with van der Waals surface area (Å²) in [5.41, 5.74) is 2.10. The van der Waals surface area contributed by atoms with E-state index < -0.39 is 5.60 Å². The summed E-state index contributed by atoms with van der Waals surface area (Å²) in [6.45, 7) is 6.74. The first-order valence-electron chi connectivity index (χ1n) is 10.6. The molecule has 0 aliphatic carbocycles. The van der Waals surface area contributed by atoms with Crippen LogP contribution >= 0.6 is 11.6 Å². The maximum absolute atomic E-state index is 12.5. The van der Waals surface area contributed by atoms with E-state index in [9.17, 15) is 4.79 Å². The molecule has 3 heterocycles. The first-order valence-corrected chi connectivity index (χ1v) is 10.9. The Morgan fingerprint density at radius 3 is 2.53 bits per heavy atom. The van der Waals surface area contributed by atoms with E-state index in [0.29, 0.717) is 29.8 Å². The lowest BCUT2D eigenvalue weighted by atomic mass is 10.1. The van der Waals surface area contributed by atoms with Gasteiger partial charge in [0.2, 0.25) is 0 Å². The number of anilines is 2. The van der Waals surface area contributed by atoms with Gasteiger partial charge in [0.05, 0.1) is 5.69 Å². The molecule has 0 bridgehead atoms. The van der Waals surface area contributed by atoms with Crippen LogP contribution in [-0.4, -0.2) is 44.6 Å². The van der Waals surface area contributed by atoms with Crippen LogP contribution in [0.15, 0.2) is 54.9 Å². The van der Waals surface area contributed by atoms with Gasteiger partial charge in [-0.15, -0.1) is 0 Å². The average Bonchev–Trinajstić information content (AvgIpc) is 3.25. The van der Waals surface area contributed by atoms with Crippen molar-refractivity contribution in [3.8, 4) is 11.3 Å². The van der Waals surface area contributed by atoms with Crippen LogP contribution in [0.5, 0.6) is 0 Å². The second-order valence-electron chi connectivity index (χ2n) is 8.78. The second-order valence-corrected chi connectivity index (χ2v) is 9.21. The number of benzene rings is 1. The number of ether oxygens (including phenoxy) is 1. The second kappa shape index (κ2) is 9.12. The van der Waals surface area contributed by atoms with Crippen LogP contribution in [0.3, 0.4) is 0 Å². The lowest BCUT2D eigenvalue weighted by Crippen LogP contribution is -2.35. The van der Waals surface area contributed by atoms with E-state index in [4.69, 9.17) is 26.3 Å². The molecule has 0 spiro atoms. The summed E-state index contributed by atoms with van der Waals surface area (Å²) in [6, 6.07) is 13.2. The van der Waals surface area contributed by atoms with Gasteiger partial charge in [-0.3, -0.25) is 4.98 Å². The van der Waals surface area contributed by atoms with Gasteiger partial charge in [0, 0.05) is 53.7 Å². The molecule has 166 valence electrons. The van der Waals surface area contributed by atoms with Gasteiger partial charge in [-0.05, 0) is 63.6 Å². The molecule has 32 heavy (non-hydrogen) atoms. The van der Waals surface area contributed by atoms with Crippen molar-refractivity contribution in [3.05, 3.63) is 65.7 Å². The maximum Gasteiger partial charge on any atom is 0.410 e. The third-order valence-electron chi connectivity index (χ3n) is 5.04. The highest BCUT2D eigenvalue weighted by Gasteiger charge is 2.32. The smallest absolute Gasteiger partial charge is 0.410 e. The zero-order valence-corrected chi connectivity index (χ0v) is 19.1. The molecule has 4 rings (SSSR count). The minimum atomic E-state index is -0.525. The molecule has 8 heteroatoms. The van der Waals surface area contributed by atoms with Crippen molar-refractivity contribution < 1.29 is 9.53 Å². The number of halogens is 1. The highest BCUT2D eigenvalue weighted by Crippen LogP contribution is 2.30. The summed E-state index contributed by atoms with van der Waals surface area (Å²) in [6.07, 6.45) is 3.95. The number of hydrogen-bond acceptors (Lipinski definition) is 6. The quantitative estimate of drug-likeness (QED) is 0.551. The number of nitrogens with one attached hydrogen (secondary N) is 1. The summed E-state index contributed by atoms with van der Waals surface area (Å²) in [5, 5.41) is 4.01. The molecule has 1 amide bonds. The fourth-order valence-electron chi connectivity index (χ4n) is 3.53. The number of hydrogen-bond donors (Lipinski definition) is 1. The van der Waals surface area contributed by atoms with Gasteiger partial charge in [-0.25, -0.2) is 14.8 Å². The van der Waals surface area contributed by atoms with E-state index in [1.165, 1.54) is 0 Å².